The fraction of sp³-hybridized carbons (Fsp3) is 0.667. The summed E-state index contributed by atoms with van der Waals surface area (Å²) in [6, 6.07) is 2.74. The highest BCUT2D eigenvalue weighted by Crippen LogP contribution is 2.20. The molecule has 0 radical (unpaired) electrons. The smallest absolute Gasteiger partial charge is 0.270 e. The molecule has 2 heterocycles. The lowest BCUT2D eigenvalue weighted by Gasteiger charge is -2.42. The molecule has 1 amide bonds. The molecule has 2 unspecified atom stereocenters. The second-order valence-electron chi connectivity index (χ2n) is 5.81. The number of likely N-dealkylation sites (N-methyl/N-ethyl adjacent to an activating group) is 1. The average molecular weight is 342 g/mol. The standard InChI is InChI=1S/C15H24BrN3O/c1-5-6-18-10-13(16)7-14(18)15(20)19-8-11(2)17(4)12(3)9-19/h7,10-12H,5-6,8-9H2,1-4H3. The van der Waals surface area contributed by atoms with Gasteiger partial charge in [0.05, 0.1) is 0 Å². The van der Waals surface area contributed by atoms with Crippen molar-refractivity contribution < 1.29 is 4.79 Å². The summed E-state index contributed by atoms with van der Waals surface area (Å²) in [6.07, 6.45) is 3.02. The monoisotopic (exact) mass is 341 g/mol. The highest BCUT2D eigenvalue weighted by Gasteiger charge is 2.30. The van der Waals surface area contributed by atoms with E-state index in [1.165, 1.54) is 0 Å². The number of piperazine rings is 1. The van der Waals surface area contributed by atoms with Crippen LogP contribution in [0.4, 0.5) is 0 Å². The molecule has 2 atom stereocenters. The van der Waals surface area contributed by atoms with Gasteiger partial charge in [-0.1, -0.05) is 6.92 Å². The van der Waals surface area contributed by atoms with Crippen molar-refractivity contribution in [3.8, 4) is 0 Å². The number of nitrogens with zero attached hydrogens (tertiary/aromatic N) is 3. The van der Waals surface area contributed by atoms with Crippen LogP contribution in [0.5, 0.6) is 0 Å². The molecule has 0 aromatic carbocycles. The maximum absolute atomic E-state index is 12.8. The number of rotatable bonds is 3. The third-order valence-electron chi connectivity index (χ3n) is 4.19. The zero-order valence-electron chi connectivity index (χ0n) is 12.8. The van der Waals surface area contributed by atoms with Crippen LogP contribution in [-0.4, -0.2) is 52.5 Å². The first-order valence-electron chi connectivity index (χ1n) is 7.31. The molecule has 0 bridgehead atoms. The predicted octanol–water partition coefficient (Wildman–Crippen LogP) is 2.83. The summed E-state index contributed by atoms with van der Waals surface area (Å²) in [6.45, 7) is 8.96. The predicted molar refractivity (Wildman–Crippen MR) is 85.0 cm³/mol. The van der Waals surface area contributed by atoms with Crippen LogP contribution in [0.3, 0.4) is 0 Å². The Morgan fingerprint density at radius 3 is 2.50 bits per heavy atom. The van der Waals surface area contributed by atoms with Gasteiger partial charge in [-0.3, -0.25) is 9.69 Å². The van der Waals surface area contributed by atoms with Gasteiger partial charge >= 0.3 is 0 Å². The van der Waals surface area contributed by atoms with E-state index in [0.29, 0.717) is 12.1 Å². The van der Waals surface area contributed by atoms with Crippen molar-refractivity contribution in [2.75, 3.05) is 20.1 Å². The van der Waals surface area contributed by atoms with Crippen molar-refractivity contribution in [1.29, 1.82) is 0 Å². The van der Waals surface area contributed by atoms with Gasteiger partial charge in [0.1, 0.15) is 5.69 Å². The van der Waals surface area contributed by atoms with Gasteiger partial charge in [0.2, 0.25) is 0 Å². The Morgan fingerprint density at radius 1 is 1.35 bits per heavy atom. The van der Waals surface area contributed by atoms with Crippen LogP contribution in [0.25, 0.3) is 0 Å². The molecule has 2 rings (SSSR count). The zero-order chi connectivity index (χ0) is 14.9. The number of aryl methyl sites for hydroxylation is 1. The van der Waals surface area contributed by atoms with Crippen LogP contribution in [0.2, 0.25) is 0 Å². The van der Waals surface area contributed by atoms with E-state index in [9.17, 15) is 4.79 Å². The third-order valence-corrected chi connectivity index (χ3v) is 4.63. The van der Waals surface area contributed by atoms with Crippen molar-refractivity contribution in [3.63, 3.8) is 0 Å². The first-order valence-corrected chi connectivity index (χ1v) is 8.10. The van der Waals surface area contributed by atoms with E-state index in [1.54, 1.807) is 0 Å². The van der Waals surface area contributed by atoms with Crippen LogP contribution >= 0.6 is 15.9 Å². The fourth-order valence-electron chi connectivity index (χ4n) is 2.81. The fourth-order valence-corrected chi connectivity index (χ4v) is 3.28. The number of carbonyl (C=O) groups is 1. The Bertz CT molecular complexity index is 473. The summed E-state index contributed by atoms with van der Waals surface area (Å²) in [7, 11) is 2.13. The second kappa shape index (κ2) is 6.31. The van der Waals surface area contributed by atoms with Crippen molar-refractivity contribution in [2.45, 2.75) is 45.8 Å². The Morgan fingerprint density at radius 2 is 1.95 bits per heavy atom. The summed E-state index contributed by atoms with van der Waals surface area (Å²) in [5.41, 5.74) is 0.794. The van der Waals surface area contributed by atoms with Gasteiger partial charge in [-0.2, -0.15) is 0 Å². The van der Waals surface area contributed by atoms with Crippen molar-refractivity contribution in [3.05, 3.63) is 22.4 Å². The molecular weight excluding hydrogens is 318 g/mol. The van der Waals surface area contributed by atoms with Gasteiger partial charge in [-0.25, -0.2) is 0 Å². The molecule has 1 aromatic heterocycles. The molecule has 1 saturated heterocycles. The quantitative estimate of drug-likeness (QED) is 0.845. The lowest BCUT2D eigenvalue weighted by atomic mass is 10.1. The number of hydrogen-bond donors (Lipinski definition) is 0. The molecule has 0 spiro atoms. The van der Waals surface area contributed by atoms with Crippen molar-refractivity contribution in [2.24, 2.45) is 0 Å². The third kappa shape index (κ3) is 3.09. The van der Waals surface area contributed by atoms with Crippen LogP contribution in [0.1, 0.15) is 37.7 Å². The summed E-state index contributed by atoms with van der Waals surface area (Å²) in [5, 5.41) is 0. The molecule has 0 N–H and O–H groups in total. The van der Waals surface area contributed by atoms with Gasteiger partial charge in [-0.15, -0.1) is 0 Å². The Hall–Kier alpha value is -0.810. The summed E-state index contributed by atoms with van der Waals surface area (Å²) in [5.74, 6) is 0.149. The molecular formula is C15H24BrN3O. The number of amides is 1. The number of carbonyl (C=O) groups excluding carboxylic acids is 1. The molecule has 20 heavy (non-hydrogen) atoms. The van der Waals surface area contributed by atoms with E-state index >= 15 is 0 Å². The van der Waals surface area contributed by atoms with E-state index in [4.69, 9.17) is 0 Å². The Balaban J connectivity index is 2.19. The number of aromatic nitrogens is 1. The normalized spacial score (nSPS) is 24.1. The molecule has 5 heteroatoms. The topological polar surface area (TPSA) is 28.5 Å². The highest BCUT2D eigenvalue weighted by molar-refractivity contribution is 9.10. The maximum Gasteiger partial charge on any atom is 0.270 e. The van der Waals surface area contributed by atoms with Gasteiger partial charge < -0.3 is 9.47 Å². The van der Waals surface area contributed by atoms with Crippen LogP contribution in [0, 0.1) is 0 Å². The zero-order valence-corrected chi connectivity index (χ0v) is 14.4. The summed E-state index contributed by atoms with van der Waals surface area (Å²) in [4.78, 5) is 17.1. The minimum absolute atomic E-state index is 0.149. The van der Waals surface area contributed by atoms with E-state index in [2.05, 4.69) is 53.2 Å². The first kappa shape index (κ1) is 15.6. The number of halogens is 1. The molecule has 1 aliphatic heterocycles. The minimum atomic E-state index is 0.149. The lowest BCUT2D eigenvalue weighted by molar-refractivity contribution is 0.0405. The minimum Gasteiger partial charge on any atom is -0.342 e. The molecule has 0 aliphatic carbocycles. The summed E-state index contributed by atoms with van der Waals surface area (Å²) >= 11 is 3.48. The van der Waals surface area contributed by atoms with Gasteiger partial charge in [0.15, 0.2) is 0 Å². The van der Waals surface area contributed by atoms with E-state index in [1.807, 2.05) is 17.2 Å². The molecule has 1 aliphatic rings. The second-order valence-corrected chi connectivity index (χ2v) is 6.73. The van der Waals surface area contributed by atoms with Crippen LogP contribution < -0.4 is 0 Å². The molecule has 112 valence electrons. The highest BCUT2D eigenvalue weighted by atomic mass is 79.9. The van der Waals surface area contributed by atoms with Gasteiger partial charge in [0, 0.05) is 42.4 Å². The Labute approximate surface area is 129 Å². The molecule has 4 nitrogen and oxygen atoms in total. The largest absolute Gasteiger partial charge is 0.342 e. The number of hydrogen-bond acceptors (Lipinski definition) is 2. The summed E-state index contributed by atoms with van der Waals surface area (Å²) < 4.78 is 3.03. The maximum atomic E-state index is 12.8. The van der Waals surface area contributed by atoms with E-state index < -0.39 is 0 Å². The van der Waals surface area contributed by atoms with Crippen LogP contribution in [-0.2, 0) is 6.54 Å². The van der Waals surface area contributed by atoms with Gasteiger partial charge in [0.25, 0.3) is 5.91 Å². The lowest BCUT2D eigenvalue weighted by Crippen LogP contribution is -2.56. The van der Waals surface area contributed by atoms with Crippen molar-refractivity contribution >= 4 is 21.8 Å². The van der Waals surface area contributed by atoms with Gasteiger partial charge in [-0.05, 0) is 49.3 Å². The SMILES string of the molecule is CCCn1cc(Br)cc1C(=O)N1CC(C)N(C)C(C)C1. The Kier molecular flexibility index (Phi) is 4.91. The van der Waals surface area contributed by atoms with E-state index in [-0.39, 0.29) is 5.91 Å². The van der Waals surface area contributed by atoms with Crippen LogP contribution in [0.15, 0.2) is 16.7 Å². The molecule has 1 aromatic rings. The molecule has 0 saturated carbocycles. The molecule has 1 fully saturated rings. The average Bonchev–Trinajstić information content (AvgIpc) is 2.76. The van der Waals surface area contributed by atoms with Crippen molar-refractivity contribution in [1.82, 2.24) is 14.4 Å². The van der Waals surface area contributed by atoms with E-state index in [0.717, 1.165) is 36.2 Å². The first-order chi connectivity index (χ1) is 9.43.